The average molecular weight is 149 g/mol. The molecule has 0 bridgehead atoms. The molecule has 1 aromatic heterocycles. The van der Waals surface area contributed by atoms with Crippen LogP contribution in [0.2, 0.25) is 0 Å². The van der Waals surface area contributed by atoms with Crippen LogP contribution in [0.5, 0.6) is 0 Å². The Kier molecular flexibility index (Phi) is 2.26. The Morgan fingerprint density at radius 1 is 1.55 bits per heavy atom. The van der Waals surface area contributed by atoms with Gasteiger partial charge in [0.1, 0.15) is 0 Å². The SMILES string of the molecule is C=C/C=c1/onc(C)/c1=C/C. The number of hydrogen-bond acceptors (Lipinski definition) is 2. The predicted molar refractivity (Wildman–Crippen MR) is 45.3 cm³/mol. The van der Waals surface area contributed by atoms with Crippen LogP contribution >= 0.6 is 0 Å². The van der Waals surface area contributed by atoms with E-state index in [0.29, 0.717) is 0 Å². The Morgan fingerprint density at radius 2 is 2.27 bits per heavy atom. The molecule has 0 spiro atoms. The maximum absolute atomic E-state index is 5.02. The smallest absolute Gasteiger partial charge is 0.166 e. The van der Waals surface area contributed by atoms with Crippen LogP contribution in [0.4, 0.5) is 0 Å². The summed E-state index contributed by atoms with van der Waals surface area (Å²) >= 11 is 0. The van der Waals surface area contributed by atoms with Gasteiger partial charge in [-0.1, -0.05) is 23.9 Å². The molecule has 0 aliphatic rings. The van der Waals surface area contributed by atoms with Crippen molar-refractivity contribution >= 4 is 12.2 Å². The summed E-state index contributed by atoms with van der Waals surface area (Å²) in [6.07, 6.45) is 5.46. The highest BCUT2D eigenvalue weighted by molar-refractivity contribution is 5.34. The van der Waals surface area contributed by atoms with Crippen molar-refractivity contribution in [3.8, 4) is 0 Å². The third kappa shape index (κ3) is 1.40. The van der Waals surface area contributed by atoms with Crippen LogP contribution in [0.1, 0.15) is 12.6 Å². The van der Waals surface area contributed by atoms with Gasteiger partial charge >= 0.3 is 0 Å². The molecule has 0 saturated carbocycles. The van der Waals surface area contributed by atoms with Crippen molar-refractivity contribution in [3.05, 3.63) is 29.0 Å². The van der Waals surface area contributed by atoms with E-state index in [1.807, 2.05) is 19.9 Å². The van der Waals surface area contributed by atoms with Gasteiger partial charge in [0.15, 0.2) is 5.42 Å². The first-order valence-electron chi connectivity index (χ1n) is 3.51. The fraction of sp³-hybridized carbons (Fsp3) is 0.222. The Hall–Kier alpha value is -1.31. The molecule has 11 heavy (non-hydrogen) atoms. The van der Waals surface area contributed by atoms with Crippen molar-refractivity contribution in [2.45, 2.75) is 13.8 Å². The molecule has 0 N–H and O–H groups in total. The van der Waals surface area contributed by atoms with Gasteiger partial charge in [-0.15, -0.1) is 0 Å². The van der Waals surface area contributed by atoms with E-state index in [0.717, 1.165) is 16.3 Å². The molecule has 1 heterocycles. The van der Waals surface area contributed by atoms with Crippen molar-refractivity contribution in [3.63, 3.8) is 0 Å². The van der Waals surface area contributed by atoms with Gasteiger partial charge in [-0.3, -0.25) is 0 Å². The zero-order chi connectivity index (χ0) is 8.27. The van der Waals surface area contributed by atoms with E-state index in [1.165, 1.54) is 0 Å². The first-order valence-corrected chi connectivity index (χ1v) is 3.51. The molecule has 0 aliphatic carbocycles. The lowest BCUT2D eigenvalue weighted by atomic mass is 10.3. The lowest BCUT2D eigenvalue weighted by molar-refractivity contribution is 0.390. The maximum atomic E-state index is 5.02. The molecule has 2 nitrogen and oxygen atoms in total. The molecule has 0 saturated heterocycles. The molecule has 0 atom stereocenters. The highest BCUT2D eigenvalue weighted by Crippen LogP contribution is 1.76. The molecule has 2 heteroatoms. The van der Waals surface area contributed by atoms with Crippen molar-refractivity contribution in [1.82, 2.24) is 5.16 Å². The van der Waals surface area contributed by atoms with E-state index in [1.54, 1.807) is 12.2 Å². The maximum Gasteiger partial charge on any atom is 0.166 e. The fourth-order valence-electron chi connectivity index (χ4n) is 0.973. The van der Waals surface area contributed by atoms with E-state index in [4.69, 9.17) is 4.52 Å². The highest BCUT2D eigenvalue weighted by atomic mass is 16.5. The standard InChI is InChI=1S/C9H11NO/c1-4-6-9-8(5-2)7(3)10-11-9/h4-6H,1H2,2-3H3/b8-5-,9-6+. The molecule has 1 aromatic rings. The number of hydrogen-bond donors (Lipinski definition) is 0. The summed E-state index contributed by atoms with van der Waals surface area (Å²) < 4.78 is 5.02. The van der Waals surface area contributed by atoms with E-state index in [9.17, 15) is 0 Å². The zero-order valence-electron chi connectivity index (χ0n) is 6.79. The Bertz CT molecular complexity index is 359. The van der Waals surface area contributed by atoms with Crippen LogP contribution in [-0.4, -0.2) is 5.16 Å². The van der Waals surface area contributed by atoms with Gasteiger partial charge < -0.3 is 4.52 Å². The van der Waals surface area contributed by atoms with E-state index >= 15 is 0 Å². The molecule has 0 amide bonds. The third-order valence-corrected chi connectivity index (χ3v) is 1.49. The van der Waals surface area contributed by atoms with Crippen LogP contribution in [0.3, 0.4) is 0 Å². The summed E-state index contributed by atoms with van der Waals surface area (Å²) in [6, 6.07) is 0. The summed E-state index contributed by atoms with van der Waals surface area (Å²) in [7, 11) is 0. The minimum absolute atomic E-state index is 0.778. The monoisotopic (exact) mass is 149 g/mol. The first kappa shape index (κ1) is 7.79. The molecular formula is C9H11NO. The van der Waals surface area contributed by atoms with E-state index < -0.39 is 0 Å². The normalized spacial score (nSPS) is 14.0. The summed E-state index contributed by atoms with van der Waals surface area (Å²) in [6.45, 7) is 7.46. The summed E-state index contributed by atoms with van der Waals surface area (Å²) in [5.41, 5.74) is 1.70. The Morgan fingerprint density at radius 3 is 2.82 bits per heavy atom. The molecule has 0 unspecified atom stereocenters. The predicted octanol–water partition coefficient (Wildman–Crippen LogP) is 0.750. The molecule has 0 aromatic carbocycles. The fourth-order valence-corrected chi connectivity index (χ4v) is 0.973. The van der Waals surface area contributed by atoms with E-state index in [-0.39, 0.29) is 0 Å². The van der Waals surface area contributed by atoms with Gasteiger partial charge in [0.2, 0.25) is 0 Å². The largest absolute Gasteiger partial charge is 0.356 e. The number of rotatable bonds is 1. The molecule has 58 valence electrons. The van der Waals surface area contributed by atoms with Gasteiger partial charge in [-0.05, 0) is 19.9 Å². The van der Waals surface area contributed by atoms with Crippen molar-refractivity contribution in [2.24, 2.45) is 0 Å². The highest BCUT2D eigenvalue weighted by Gasteiger charge is 1.93. The molecular weight excluding hydrogens is 138 g/mol. The van der Waals surface area contributed by atoms with Gasteiger partial charge in [0.25, 0.3) is 0 Å². The minimum atomic E-state index is 0.778. The first-order chi connectivity index (χ1) is 5.29. The van der Waals surface area contributed by atoms with Gasteiger partial charge in [0.05, 0.1) is 5.69 Å². The second-order valence-corrected chi connectivity index (χ2v) is 2.24. The van der Waals surface area contributed by atoms with Crippen LogP contribution in [-0.2, 0) is 0 Å². The van der Waals surface area contributed by atoms with Crippen molar-refractivity contribution < 1.29 is 4.52 Å². The number of aryl methyl sites for hydroxylation is 1. The van der Waals surface area contributed by atoms with Crippen molar-refractivity contribution in [2.75, 3.05) is 0 Å². The average Bonchev–Trinajstić information content (AvgIpc) is 2.33. The number of aromatic nitrogens is 1. The number of nitrogens with zero attached hydrogens (tertiary/aromatic N) is 1. The second-order valence-electron chi connectivity index (χ2n) is 2.24. The molecule has 1 rings (SSSR count). The zero-order valence-corrected chi connectivity index (χ0v) is 6.79. The number of allylic oxidation sites excluding steroid dienone is 1. The van der Waals surface area contributed by atoms with Crippen LogP contribution < -0.4 is 10.6 Å². The van der Waals surface area contributed by atoms with Crippen molar-refractivity contribution in [1.29, 1.82) is 0 Å². The third-order valence-electron chi connectivity index (χ3n) is 1.49. The van der Waals surface area contributed by atoms with Gasteiger partial charge in [-0.25, -0.2) is 0 Å². The molecule has 0 aliphatic heterocycles. The van der Waals surface area contributed by atoms with Crippen LogP contribution in [0.15, 0.2) is 17.2 Å². The quantitative estimate of drug-likeness (QED) is 0.589. The molecule has 0 fully saturated rings. The minimum Gasteiger partial charge on any atom is -0.356 e. The molecule has 0 radical (unpaired) electrons. The van der Waals surface area contributed by atoms with E-state index in [2.05, 4.69) is 11.7 Å². The summed E-state index contributed by atoms with van der Waals surface area (Å²) in [5.74, 6) is 0. The van der Waals surface area contributed by atoms with Crippen LogP contribution in [0.25, 0.3) is 12.2 Å². The lowest BCUT2D eigenvalue weighted by Crippen LogP contribution is -2.20. The second kappa shape index (κ2) is 3.19. The van der Waals surface area contributed by atoms with Gasteiger partial charge in [-0.2, -0.15) is 0 Å². The van der Waals surface area contributed by atoms with Gasteiger partial charge in [0, 0.05) is 5.22 Å². The topological polar surface area (TPSA) is 26.0 Å². The Labute approximate surface area is 65.5 Å². The van der Waals surface area contributed by atoms with Crippen LogP contribution in [0, 0.1) is 6.92 Å². The summed E-state index contributed by atoms with van der Waals surface area (Å²) in [5, 5.41) is 4.87. The Balaban J connectivity index is 3.52. The lowest BCUT2D eigenvalue weighted by Gasteiger charge is -1.73. The summed E-state index contributed by atoms with van der Waals surface area (Å²) in [4.78, 5) is 0.